The van der Waals surface area contributed by atoms with Gasteiger partial charge in [-0.2, -0.15) is 0 Å². The number of aliphatic carboxylic acids is 1. The second-order valence-corrected chi connectivity index (χ2v) is 8.95. The Bertz CT molecular complexity index is 1010. The van der Waals surface area contributed by atoms with E-state index in [0.717, 1.165) is 36.8 Å². The second-order valence-electron chi connectivity index (χ2n) is 8.95. The number of nitrogens with one attached hydrogen (secondary N) is 2. The van der Waals surface area contributed by atoms with Crippen LogP contribution in [0, 0.1) is 5.92 Å². The van der Waals surface area contributed by atoms with Gasteiger partial charge in [0.1, 0.15) is 6.61 Å². The van der Waals surface area contributed by atoms with Crippen molar-refractivity contribution in [3.8, 4) is 11.1 Å². The predicted octanol–water partition coefficient (Wildman–Crippen LogP) is 3.99. The summed E-state index contributed by atoms with van der Waals surface area (Å²) >= 11 is 0. The van der Waals surface area contributed by atoms with E-state index < -0.39 is 24.1 Å². The number of hydrogen-bond donors (Lipinski definition) is 3. The zero-order valence-corrected chi connectivity index (χ0v) is 19.2. The number of carboxylic acids is 1. The van der Waals surface area contributed by atoms with Crippen LogP contribution in [0.2, 0.25) is 0 Å². The summed E-state index contributed by atoms with van der Waals surface area (Å²) in [5.41, 5.74) is 6.85. The molecule has 3 atom stereocenters. The number of carboxylic acid groups (broad SMARTS) is 1. The van der Waals surface area contributed by atoms with Gasteiger partial charge in [0, 0.05) is 18.4 Å². The van der Waals surface area contributed by atoms with Crippen LogP contribution in [0.15, 0.2) is 48.5 Å². The van der Waals surface area contributed by atoms with Crippen molar-refractivity contribution in [3.63, 3.8) is 0 Å². The van der Waals surface area contributed by atoms with Gasteiger partial charge in [0.2, 0.25) is 5.91 Å². The summed E-state index contributed by atoms with van der Waals surface area (Å²) in [6, 6.07) is 16.2. The largest absolute Gasteiger partial charge is 0.479 e. The van der Waals surface area contributed by atoms with Crippen LogP contribution in [0.25, 0.3) is 11.1 Å². The van der Waals surface area contributed by atoms with E-state index in [0.29, 0.717) is 0 Å². The number of rotatable bonds is 8. The number of hydroxylamine groups is 1. The maximum atomic E-state index is 12.7. The van der Waals surface area contributed by atoms with Crippen LogP contribution in [-0.2, 0) is 19.2 Å². The fourth-order valence-electron chi connectivity index (χ4n) is 4.92. The number of hydrogen-bond acceptors (Lipinski definition) is 5. The van der Waals surface area contributed by atoms with Crippen molar-refractivity contribution >= 4 is 18.0 Å². The third kappa shape index (κ3) is 5.39. The lowest BCUT2D eigenvalue weighted by Crippen LogP contribution is -2.44. The van der Waals surface area contributed by atoms with E-state index >= 15 is 0 Å². The molecule has 180 valence electrons. The monoisotopic (exact) mass is 466 g/mol. The average Bonchev–Trinajstić information content (AvgIpc) is 3.16. The normalized spacial score (nSPS) is 20.0. The Kier molecular flexibility index (Phi) is 7.47. The van der Waals surface area contributed by atoms with Crippen molar-refractivity contribution in [2.45, 2.75) is 57.1 Å². The molecule has 1 saturated carbocycles. The van der Waals surface area contributed by atoms with E-state index in [9.17, 15) is 14.4 Å². The van der Waals surface area contributed by atoms with Crippen LogP contribution < -0.4 is 10.8 Å². The molecule has 34 heavy (non-hydrogen) atoms. The molecule has 0 bridgehead atoms. The highest BCUT2D eigenvalue weighted by Gasteiger charge is 2.31. The zero-order valence-electron chi connectivity index (χ0n) is 19.2. The highest BCUT2D eigenvalue weighted by Crippen LogP contribution is 2.44. The molecule has 4 rings (SSSR count). The fraction of sp³-hybridized carbons (Fsp3) is 0.423. The lowest BCUT2D eigenvalue weighted by Gasteiger charge is -2.31. The maximum absolute atomic E-state index is 12.7. The fourth-order valence-corrected chi connectivity index (χ4v) is 4.92. The van der Waals surface area contributed by atoms with Gasteiger partial charge in [0.05, 0.1) is 0 Å². The Morgan fingerprint density at radius 2 is 1.62 bits per heavy atom. The van der Waals surface area contributed by atoms with Gasteiger partial charge < -0.3 is 15.2 Å². The zero-order chi connectivity index (χ0) is 24.1. The molecule has 2 aliphatic rings. The first-order chi connectivity index (χ1) is 16.4. The molecule has 0 aliphatic heterocycles. The van der Waals surface area contributed by atoms with Crippen LogP contribution in [0.3, 0.4) is 0 Å². The first kappa shape index (κ1) is 23.8. The Morgan fingerprint density at radius 1 is 1.00 bits per heavy atom. The van der Waals surface area contributed by atoms with Crippen LogP contribution in [-0.4, -0.2) is 41.8 Å². The minimum atomic E-state index is -1.16. The summed E-state index contributed by atoms with van der Waals surface area (Å²) in [4.78, 5) is 40.6. The highest BCUT2D eigenvalue weighted by molar-refractivity contribution is 5.79. The summed E-state index contributed by atoms with van der Waals surface area (Å²) in [6.07, 6.45) is 1.98. The van der Waals surface area contributed by atoms with Crippen molar-refractivity contribution in [2.24, 2.45) is 5.92 Å². The van der Waals surface area contributed by atoms with E-state index in [4.69, 9.17) is 14.7 Å². The maximum Gasteiger partial charge on any atom is 0.407 e. The van der Waals surface area contributed by atoms with Gasteiger partial charge in [-0.1, -0.05) is 61.4 Å². The number of amides is 2. The van der Waals surface area contributed by atoms with E-state index in [1.165, 1.54) is 18.1 Å². The quantitative estimate of drug-likeness (QED) is 0.507. The molecule has 0 saturated heterocycles. The van der Waals surface area contributed by atoms with Crippen molar-refractivity contribution in [2.75, 3.05) is 6.61 Å². The minimum absolute atomic E-state index is 0.0144. The number of carbonyl (C=O) groups is 3. The standard InChI is InChI=1S/C26H30N2O6/c1-16(25(30)31)34-28-24(29)14-17-8-2-7-13-23(17)27-26(32)33-15-22-20-11-5-3-9-18(20)19-10-4-6-12-21(19)22/h3-6,9-12,16-17,22-23H,2,7-8,13-15H2,1H3,(H,27,32)(H,28,29)(H,30,31)/t16?,17-,23-/m0/s1. The number of alkyl carbamates (subject to hydrolysis) is 1. The Balaban J connectivity index is 1.32. The summed E-state index contributed by atoms with van der Waals surface area (Å²) in [6.45, 7) is 1.57. The van der Waals surface area contributed by atoms with Gasteiger partial charge in [-0.25, -0.2) is 15.1 Å². The first-order valence-electron chi connectivity index (χ1n) is 11.7. The number of ether oxygens (including phenoxy) is 1. The Morgan fingerprint density at radius 3 is 2.26 bits per heavy atom. The molecule has 8 heteroatoms. The van der Waals surface area contributed by atoms with Crippen molar-refractivity contribution in [3.05, 3.63) is 59.7 Å². The Hall–Kier alpha value is -3.39. The SMILES string of the molecule is CC(ONC(=O)C[C@@H]1CCCC[C@@H]1NC(=O)OCC1c2ccccc2-c2ccccc21)C(=O)O. The smallest absolute Gasteiger partial charge is 0.407 e. The number of fused-ring (bicyclic) bond motifs is 3. The first-order valence-corrected chi connectivity index (χ1v) is 11.7. The van der Waals surface area contributed by atoms with Gasteiger partial charge in [-0.3, -0.25) is 9.63 Å². The Labute approximate surface area is 198 Å². The molecule has 0 radical (unpaired) electrons. The number of carbonyl (C=O) groups excluding carboxylic acids is 2. The molecule has 3 N–H and O–H groups in total. The molecular formula is C26H30N2O6. The van der Waals surface area contributed by atoms with Crippen LogP contribution in [0.4, 0.5) is 4.79 Å². The van der Waals surface area contributed by atoms with Crippen LogP contribution >= 0.6 is 0 Å². The third-order valence-electron chi connectivity index (χ3n) is 6.70. The van der Waals surface area contributed by atoms with E-state index in [2.05, 4.69) is 35.1 Å². The summed E-state index contributed by atoms with van der Waals surface area (Å²) in [5, 5.41) is 11.8. The van der Waals surface area contributed by atoms with Crippen molar-refractivity contribution < 1.29 is 29.1 Å². The highest BCUT2D eigenvalue weighted by atomic mass is 16.7. The lowest BCUT2D eigenvalue weighted by molar-refractivity contribution is -0.159. The molecular weight excluding hydrogens is 436 g/mol. The molecule has 0 aromatic heterocycles. The van der Waals surface area contributed by atoms with Gasteiger partial charge in [0.25, 0.3) is 0 Å². The van der Waals surface area contributed by atoms with Gasteiger partial charge in [-0.15, -0.1) is 0 Å². The molecule has 2 aromatic carbocycles. The number of benzene rings is 2. The molecule has 8 nitrogen and oxygen atoms in total. The van der Waals surface area contributed by atoms with E-state index in [-0.39, 0.29) is 30.9 Å². The molecule has 2 aliphatic carbocycles. The molecule has 0 heterocycles. The molecule has 2 aromatic rings. The predicted molar refractivity (Wildman–Crippen MR) is 125 cm³/mol. The second kappa shape index (κ2) is 10.7. The van der Waals surface area contributed by atoms with Gasteiger partial charge in [0.15, 0.2) is 6.10 Å². The molecule has 1 unspecified atom stereocenters. The summed E-state index contributed by atoms with van der Waals surface area (Å²) < 4.78 is 5.66. The summed E-state index contributed by atoms with van der Waals surface area (Å²) in [5.74, 6) is -1.65. The van der Waals surface area contributed by atoms with E-state index in [1.54, 1.807) is 0 Å². The van der Waals surface area contributed by atoms with Crippen LogP contribution in [0.1, 0.15) is 56.1 Å². The van der Waals surface area contributed by atoms with Gasteiger partial charge >= 0.3 is 12.1 Å². The molecule has 1 fully saturated rings. The van der Waals surface area contributed by atoms with Crippen molar-refractivity contribution in [1.29, 1.82) is 0 Å². The minimum Gasteiger partial charge on any atom is -0.479 e. The molecule has 2 amide bonds. The lowest BCUT2D eigenvalue weighted by atomic mass is 9.82. The van der Waals surface area contributed by atoms with E-state index in [1.807, 2.05) is 24.3 Å². The summed E-state index contributed by atoms with van der Waals surface area (Å²) in [7, 11) is 0. The van der Waals surface area contributed by atoms with Crippen molar-refractivity contribution in [1.82, 2.24) is 10.8 Å². The van der Waals surface area contributed by atoms with Crippen LogP contribution in [0.5, 0.6) is 0 Å². The van der Waals surface area contributed by atoms with Gasteiger partial charge in [-0.05, 0) is 47.9 Å². The average molecular weight is 467 g/mol. The molecule has 0 spiro atoms. The topological polar surface area (TPSA) is 114 Å². The third-order valence-corrected chi connectivity index (χ3v) is 6.70.